The maximum absolute atomic E-state index is 14.2. The van der Waals surface area contributed by atoms with Crippen molar-refractivity contribution in [2.45, 2.75) is 37.9 Å². The standard InChI is InChI=1S/C21H17Cl2FN4OS/c1-20(2,24)14-6-15(22)18(16(23)7-14)28-9-13(8-26-28)17-5-12(10-30-17)19(29)27-21(11-25)3-4-21/h5-10H,3-4H2,1-2H3,(H,27,29). The summed E-state index contributed by atoms with van der Waals surface area (Å²) >= 11 is 14.1. The van der Waals surface area contributed by atoms with Crippen LogP contribution in [0.4, 0.5) is 4.39 Å². The predicted octanol–water partition coefficient (Wildman–Crippen LogP) is 5.90. The highest BCUT2D eigenvalue weighted by molar-refractivity contribution is 7.13. The van der Waals surface area contributed by atoms with Crippen LogP contribution in [-0.2, 0) is 5.67 Å². The summed E-state index contributed by atoms with van der Waals surface area (Å²) in [4.78, 5) is 13.2. The largest absolute Gasteiger partial charge is 0.334 e. The van der Waals surface area contributed by atoms with Gasteiger partial charge in [-0.25, -0.2) is 9.07 Å². The Labute approximate surface area is 187 Å². The molecule has 1 aliphatic rings. The summed E-state index contributed by atoms with van der Waals surface area (Å²) in [6.07, 6.45) is 4.75. The van der Waals surface area contributed by atoms with E-state index in [-0.39, 0.29) is 16.0 Å². The highest BCUT2D eigenvalue weighted by Crippen LogP contribution is 2.37. The first-order valence-corrected chi connectivity index (χ1v) is 10.8. The molecule has 1 amide bonds. The number of hydrogen-bond acceptors (Lipinski definition) is 4. The third-order valence-electron chi connectivity index (χ3n) is 4.98. The molecule has 4 rings (SSSR count). The number of nitrogens with zero attached hydrogens (tertiary/aromatic N) is 3. The van der Waals surface area contributed by atoms with Crippen molar-refractivity contribution in [3.05, 3.63) is 57.1 Å². The molecule has 0 aliphatic heterocycles. The van der Waals surface area contributed by atoms with Crippen molar-refractivity contribution in [2.24, 2.45) is 0 Å². The minimum absolute atomic E-state index is 0.264. The third-order valence-corrected chi connectivity index (χ3v) is 6.53. The molecule has 0 radical (unpaired) electrons. The average Bonchev–Trinajstić information content (AvgIpc) is 3.07. The number of benzene rings is 1. The molecule has 2 aromatic heterocycles. The van der Waals surface area contributed by atoms with Gasteiger partial charge in [-0.3, -0.25) is 4.79 Å². The van der Waals surface area contributed by atoms with Gasteiger partial charge in [-0.2, -0.15) is 10.4 Å². The average molecular weight is 463 g/mol. The van der Waals surface area contributed by atoms with E-state index in [0.717, 1.165) is 10.4 Å². The summed E-state index contributed by atoms with van der Waals surface area (Å²) in [6.45, 7) is 2.87. The van der Waals surface area contributed by atoms with Crippen molar-refractivity contribution >= 4 is 40.4 Å². The first kappa shape index (κ1) is 20.9. The Morgan fingerprint density at radius 2 is 2.00 bits per heavy atom. The molecule has 2 heterocycles. The molecule has 0 unspecified atom stereocenters. The fourth-order valence-electron chi connectivity index (χ4n) is 2.99. The van der Waals surface area contributed by atoms with Crippen molar-refractivity contribution in [2.75, 3.05) is 0 Å². The number of halogens is 3. The Morgan fingerprint density at radius 1 is 1.33 bits per heavy atom. The molecule has 154 valence electrons. The zero-order chi connectivity index (χ0) is 21.7. The summed E-state index contributed by atoms with van der Waals surface area (Å²) in [5.74, 6) is -0.264. The van der Waals surface area contributed by atoms with Gasteiger partial charge in [0.1, 0.15) is 16.9 Å². The van der Waals surface area contributed by atoms with Gasteiger partial charge in [-0.15, -0.1) is 11.3 Å². The van der Waals surface area contributed by atoms with Gasteiger partial charge < -0.3 is 5.32 Å². The molecule has 0 spiro atoms. The Balaban J connectivity index is 1.59. The van der Waals surface area contributed by atoms with Crippen LogP contribution in [-0.4, -0.2) is 21.2 Å². The second-order valence-electron chi connectivity index (χ2n) is 7.78. The quantitative estimate of drug-likeness (QED) is 0.512. The Hall–Kier alpha value is -2.40. The number of rotatable bonds is 5. The number of nitrogens with one attached hydrogen (secondary N) is 1. The van der Waals surface area contributed by atoms with Gasteiger partial charge in [-0.05, 0) is 50.5 Å². The SMILES string of the molecule is CC(C)(F)c1cc(Cl)c(-n2cc(-c3cc(C(=O)NC4(C#N)CC4)cs3)cn2)c(Cl)c1. The predicted molar refractivity (Wildman–Crippen MR) is 116 cm³/mol. The topological polar surface area (TPSA) is 70.7 Å². The van der Waals surface area contributed by atoms with E-state index in [9.17, 15) is 9.18 Å². The normalized spacial score (nSPS) is 14.9. The third kappa shape index (κ3) is 3.95. The van der Waals surface area contributed by atoms with E-state index >= 15 is 0 Å². The zero-order valence-electron chi connectivity index (χ0n) is 16.2. The van der Waals surface area contributed by atoms with Crippen molar-refractivity contribution in [1.82, 2.24) is 15.1 Å². The van der Waals surface area contributed by atoms with Gasteiger partial charge in [0, 0.05) is 22.0 Å². The van der Waals surface area contributed by atoms with E-state index in [2.05, 4.69) is 16.5 Å². The molecule has 0 bridgehead atoms. The minimum Gasteiger partial charge on any atom is -0.334 e. The van der Waals surface area contributed by atoms with Gasteiger partial charge in [0.15, 0.2) is 0 Å². The van der Waals surface area contributed by atoms with E-state index < -0.39 is 11.2 Å². The maximum atomic E-state index is 14.2. The van der Waals surface area contributed by atoms with Crippen LogP contribution in [0.1, 0.15) is 42.6 Å². The van der Waals surface area contributed by atoms with E-state index in [4.69, 9.17) is 28.5 Å². The summed E-state index contributed by atoms with van der Waals surface area (Å²) in [5, 5.41) is 18.6. The Bertz CT molecular complexity index is 1160. The zero-order valence-corrected chi connectivity index (χ0v) is 18.5. The molecule has 1 saturated carbocycles. The van der Waals surface area contributed by atoms with Crippen LogP contribution in [0.15, 0.2) is 36.0 Å². The summed E-state index contributed by atoms with van der Waals surface area (Å²) in [5.41, 5.74) is -0.167. The summed E-state index contributed by atoms with van der Waals surface area (Å²) in [6, 6.07) is 6.99. The number of amides is 1. The van der Waals surface area contributed by atoms with Crippen LogP contribution in [0.3, 0.4) is 0 Å². The molecular weight excluding hydrogens is 446 g/mol. The number of alkyl halides is 1. The molecule has 1 fully saturated rings. The fraction of sp³-hybridized carbons (Fsp3) is 0.286. The van der Waals surface area contributed by atoms with Crippen molar-refractivity contribution in [1.29, 1.82) is 5.26 Å². The van der Waals surface area contributed by atoms with Crippen LogP contribution in [0, 0.1) is 11.3 Å². The molecule has 1 aromatic carbocycles. The lowest BCUT2D eigenvalue weighted by atomic mass is 10.00. The molecule has 1 N–H and O–H groups in total. The fourth-order valence-corrected chi connectivity index (χ4v) is 4.51. The molecule has 0 atom stereocenters. The van der Waals surface area contributed by atoms with Crippen molar-refractivity contribution in [3.63, 3.8) is 0 Å². The van der Waals surface area contributed by atoms with Crippen molar-refractivity contribution in [3.8, 4) is 22.2 Å². The number of hydrogen-bond donors (Lipinski definition) is 1. The monoisotopic (exact) mass is 462 g/mol. The van der Waals surface area contributed by atoms with Gasteiger partial charge in [0.2, 0.25) is 0 Å². The molecule has 0 saturated heterocycles. The second kappa shape index (κ2) is 7.38. The van der Waals surface area contributed by atoms with E-state index in [0.29, 0.717) is 29.7 Å². The number of carbonyl (C=O) groups is 1. The summed E-state index contributed by atoms with van der Waals surface area (Å²) in [7, 11) is 0. The number of carbonyl (C=O) groups excluding carboxylic acids is 1. The number of thiophene rings is 1. The first-order chi connectivity index (χ1) is 14.1. The van der Waals surface area contributed by atoms with Gasteiger partial charge >= 0.3 is 0 Å². The van der Waals surface area contributed by atoms with Crippen LogP contribution in [0.25, 0.3) is 16.1 Å². The highest BCUT2D eigenvalue weighted by atomic mass is 35.5. The lowest BCUT2D eigenvalue weighted by Crippen LogP contribution is -2.35. The Morgan fingerprint density at radius 3 is 2.57 bits per heavy atom. The number of aromatic nitrogens is 2. The molecule has 1 aliphatic carbocycles. The first-order valence-electron chi connectivity index (χ1n) is 9.18. The lowest BCUT2D eigenvalue weighted by molar-refractivity contribution is 0.0942. The minimum atomic E-state index is -1.57. The molecule has 9 heteroatoms. The van der Waals surface area contributed by atoms with Crippen LogP contribution < -0.4 is 5.32 Å². The van der Waals surface area contributed by atoms with Crippen LogP contribution >= 0.6 is 34.5 Å². The Kier molecular flexibility index (Phi) is 5.13. The molecular formula is C21H17Cl2FN4OS. The summed E-state index contributed by atoms with van der Waals surface area (Å²) < 4.78 is 15.8. The second-order valence-corrected chi connectivity index (χ2v) is 9.51. The smallest absolute Gasteiger partial charge is 0.253 e. The molecule has 3 aromatic rings. The van der Waals surface area contributed by atoms with Crippen LogP contribution in [0.2, 0.25) is 10.0 Å². The van der Waals surface area contributed by atoms with E-state index in [1.807, 2.05) is 0 Å². The van der Waals surface area contributed by atoms with Crippen molar-refractivity contribution < 1.29 is 9.18 Å². The molecule has 30 heavy (non-hydrogen) atoms. The van der Waals surface area contributed by atoms with Gasteiger partial charge in [0.05, 0.1) is 27.9 Å². The van der Waals surface area contributed by atoms with Gasteiger partial charge in [0.25, 0.3) is 5.91 Å². The number of nitriles is 1. The van der Waals surface area contributed by atoms with E-state index in [1.165, 1.54) is 29.9 Å². The van der Waals surface area contributed by atoms with Crippen LogP contribution in [0.5, 0.6) is 0 Å². The van der Waals surface area contributed by atoms with E-state index in [1.54, 1.807) is 36.0 Å². The van der Waals surface area contributed by atoms with Gasteiger partial charge in [-0.1, -0.05) is 23.2 Å². The highest BCUT2D eigenvalue weighted by Gasteiger charge is 2.44. The maximum Gasteiger partial charge on any atom is 0.253 e. The molecule has 5 nitrogen and oxygen atoms in total. The lowest BCUT2D eigenvalue weighted by Gasteiger charge is -2.17.